The molecule has 30 heavy (non-hydrogen) atoms. The van der Waals surface area contributed by atoms with Crippen LogP contribution in [0, 0.1) is 0 Å². The number of aromatic nitrogens is 5. The van der Waals surface area contributed by atoms with Gasteiger partial charge in [-0.2, -0.15) is 0 Å². The highest BCUT2D eigenvalue weighted by Gasteiger charge is 2.39. The smallest absolute Gasteiger partial charge is 0.200 e. The van der Waals surface area contributed by atoms with Crippen LogP contribution < -0.4 is 5.32 Å². The Hall–Kier alpha value is -2.90. The largest absolute Gasteiger partial charge is 0.302 e. The number of para-hydroxylation sites is 1. The van der Waals surface area contributed by atoms with Crippen molar-refractivity contribution < 1.29 is 0 Å². The number of nitrogens with zero attached hydrogens (tertiary/aromatic N) is 5. The zero-order valence-corrected chi connectivity index (χ0v) is 18.2. The average Bonchev–Trinajstić information content (AvgIpc) is 3.28. The second-order valence-electron chi connectivity index (χ2n) is 9.24. The van der Waals surface area contributed by atoms with Crippen molar-refractivity contribution in [3.63, 3.8) is 0 Å². The summed E-state index contributed by atoms with van der Waals surface area (Å²) in [7, 11) is 0. The first-order chi connectivity index (χ1) is 14.3. The van der Waals surface area contributed by atoms with E-state index in [1.807, 2.05) is 24.3 Å². The standard InChI is InChI=1S/C23H22N6S/c1-22(2)11-14-17-20-26-19(16-10-9-13-7-5-6-8-15(13)25-16)27-29(20)12-24-21(17)30-18(14)23(3,4)28-22/h5-10,12,28H,11H2,1-4H3. The van der Waals surface area contributed by atoms with Crippen molar-refractivity contribution in [1.29, 1.82) is 0 Å². The van der Waals surface area contributed by atoms with Crippen LogP contribution in [0.5, 0.6) is 0 Å². The molecule has 1 aliphatic rings. The first kappa shape index (κ1) is 17.9. The van der Waals surface area contributed by atoms with Crippen molar-refractivity contribution in [3.8, 4) is 11.5 Å². The molecule has 4 aromatic heterocycles. The van der Waals surface area contributed by atoms with Crippen molar-refractivity contribution in [2.24, 2.45) is 0 Å². The second-order valence-corrected chi connectivity index (χ2v) is 10.2. The first-order valence-corrected chi connectivity index (χ1v) is 11.0. The Balaban J connectivity index is 1.59. The number of thiophene rings is 1. The van der Waals surface area contributed by atoms with Crippen LogP contribution in [0.4, 0.5) is 0 Å². The van der Waals surface area contributed by atoms with E-state index in [0.717, 1.165) is 38.9 Å². The van der Waals surface area contributed by atoms with Gasteiger partial charge in [0.05, 0.1) is 10.9 Å². The fourth-order valence-corrected chi connectivity index (χ4v) is 6.03. The summed E-state index contributed by atoms with van der Waals surface area (Å²) >= 11 is 1.76. The van der Waals surface area contributed by atoms with Crippen molar-refractivity contribution >= 4 is 38.1 Å². The van der Waals surface area contributed by atoms with Crippen LogP contribution in [0.3, 0.4) is 0 Å². The summed E-state index contributed by atoms with van der Waals surface area (Å²) in [5.74, 6) is 0.627. The van der Waals surface area contributed by atoms with Gasteiger partial charge in [-0.25, -0.2) is 19.5 Å². The SMILES string of the molecule is CC1(C)Cc2c(sc3ncn4nc(-c5ccc6ccccc6n5)nc4c23)C(C)(C)N1. The van der Waals surface area contributed by atoms with Crippen LogP contribution in [-0.4, -0.2) is 30.1 Å². The molecule has 0 spiro atoms. The minimum atomic E-state index is -0.109. The van der Waals surface area contributed by atoms with Gasteiger partial charge in [0, 0.05) is 21.3 Å². The molecule has 6 rings (SSSR count). The third-order valence-corrected chi connectivity index (χ3v) is 7.26. The molecule has 5 aromatic rings. The average molecular weight is 415 g/mol. The highest BCUT2D eigenvalue weighted by atomic mass is 32.1. The van der Waals surface area contributed by atoms with Gasteiger partial charge in [-0.05, 0) is 51.8 Å². The molecular formula is C23H22N6S. The summed E-state index contributed by atoms with van der Waals surface area (Å²) < 4.78 is 1.80. The molecule has 0 unspecified atom stereocenters. The van der Waals surface area contributed by atoms with Crippen LogP contribution in [-0.2, 0) is 12.0 Å². The minimum Gasteiger partial charge on any atom is -0.302 e. The van der Waals surface area contributed by atoms with Crippen molar-refractivity contribution in [3.05, 3.63) is 53.2 Å². The Morgan fingerprint density at radius 1 is 1.03 bits per heavy atom. The highest BCUT2D eigenvalue weighted by molar-refractivity contribution is 7.19. The molecule has 6 nitrogen and oxygen atoms in total. The van der Waals surface area contributed by atoms with Crippen molar-refractivity contribution in [2.45, 2.75) is 45.2 Å². The molecular weight excluding hydrogens is 392 g/mol. The number of rotatable bonds is 1. The van der Waals surface area contributed by atoms with Crippen LogP contribution in [0.15, 0.2) is 42.7 Å². The lowest BCUT2D eigenvalue weighted by molar-refractivity contribution is 0.248. The summed E-state index contributed by atoms with van der Waals surface area (Å²) in [6.45, 7) is 8.99. The summed E-state index contributed by atoms with van der Waals surface area (Å²) in [6.07, 6.45) is 2.70. The van der Waals surface area contributed by atoms with Gasteiger partial charge >= 0.3 is 0 Å². The van der Waals surface area contributed by atoms with Gasteiger partial charge in [0.15, 0.2) is 5.65 Å². The van der Waals surface area contributed by atoms with Gasteiger partial charge in [0.2, 0.25) is 5.82 Å². The van der Waals surface area contributed by atoms with E-state index in [-0.39, 0.29) is 11.1 Å². The van der Waals surface area contributed by atoms with Gasteiger partial charge in [-0.15, -0.1) is 16.4 Å². The molecule has 150 valence electrons. The van der Waals surface area contributed by atoms with E-state index in [2.05, 4.69) is 45.1 Å². The zero-order valence-electron chi connectivity index (χ0n) is 17.4. The lowest BCUT2D eigenvalue weighted by Crippen LogP contribution is -2.54. The number of hydrogen-bond acceptors (Lipinski definition) is 6. The summed E-state index contributed by atoms with van der Waals surface area (Å²) in [6, 6.07) is 12.2. The predicted molar refractivity (Wildman–Crippen MR) is 121 cm³/mol. The number of benzene rings is 1. The van der Waals surface area contributed by atoms with Gasteiger partial charge in [0.25, 0.3) is 0 Å². The van der Waals surface area contributed by atoms with Gasteiger partial charge < -0.3 is 5.32 Å². The Morgan fingerprint density at radius 2 is 1.87 bits per heavy atom. The zero-order chi connectivity index (χ0) is 20.7. The first-order valence-electron chi connectivity index (χ1n) is 10.1. The summed E-state index contributed by atoms with van der Waals surface area (Å²) in [4.78, 5) is 16.8. The monoisotopic (exact) mass is 414 g/mol. The molecule has 0 saturated carbocycles. The van der Waals surface area contributed by atoms with E-state index in [1.54, 1.807) is 22.2 Å². The van der Waals surface area contributed by atoms with E-state index >= 15 is 0 Å². The normalized spacial score (nSPS) is 17.6. The molecule has 0 fully saturated rings. The van der Waals surface area contributed by atoms with Gasteiger partial charge in [0.1, 0.15) is 16.9 Å². The maximum absolute atomic E-state index is 4.93. The van der Waals surface area contributed by atoms with E-state index in [1.165, 1.54) is 10.4 Å². The molecule has 1 aliphatic heterocycles. The molecule has 1 N–H and O–H groups in total. The number of pyridine rings is 1. The fraction of sp³-hybridized carbons (Fsp3) is 0.304. The molecule has 1 aromatic carbocycles. The fourth-order valence-electron chi connectivity index (χ4n) is 4.82. The Bertz CT molecular complexity index is 1460. The third kappa shape index (κ3) is 2.58. The summed E-state index contributed by atoms with van der Waals surface area (Å²) in [5.41, 5.74) is 3.81. The Kier molecular flexibility index (Phi) is 3.48. The topological polar surface area (TPSA) is 68.0 Å². The van der Waals surface area contributed by atoms with E-state index < -0.39 is 0 Å². The predicted octanol–water partition coefficient (Wildman–Crippen LogP) is 4.71. The van der Waals surface area contributed by atoms with Gasteiger partial charge in [-0.1, -0.05) is 24.3 Å². The number of fused-ring (bicyclic) bond motifs is 6. The maximum Gasteiger partial charge on any atom is 0.200 e. The molecule has 0 saturated heterocycles. The lowest BCUT2D eigenvalue weighted by Gasteiger charge is -2.42. The maximum atomic E-state index is 4.93. The minimum absolute atomic E-state index is 0.0000866. The Labute approximate surface area is 178 Å². The quantitative estimate of drug-likeness (QED) is 0.430. The van der Waals surface area contributed by atoms with E-state index in [4.69, 9.17) is 20.1 Å². The van der Waals surface area contributed by atoms with E-state index in [0.29, 0.717) is 5.82 Å². The number of hydrogen-bond donors (Lipinski definition) is 1. The molecule has 5 heterocycles. The lowest BCUT2D eigenvalue weighted by atomic mass is 9.82. The Morgan fingerprint density at radius 3 is 2.73 bits per heavy atom. The highest BCUT2D eigenvalue weighted by Crippen LogP contribution is 2.44. The van der Waals surface area contributed by atoms with E-state index in [9.17, 15) is 0 Å². The molecule has 0 aliphatic carbocycles. The molecule has 7 heteroatoms. The van der Waals surface area contributed by atoms with Gasteiger partial charge in [-0.3, -0.25) is 0 Å². The van der Waals surface area contributed by atoms with Crippen LogP contribution in [0.25, 0.3) is 38.3 Å². The summed E-state index contributed by atoms with van der Waals surface area (Å²) in [5, 5.41) is 10.7. The second kappa shape index (κ2) is 5.83. The van der Waals surface area contributed by atoms with Crippen molar-refractivity contribution in [1.82, 2.24) is 29.9 Å². The van der Waals surface area contributed by atoms with Crippen molar-refractivity contribution in [2.75, 3.05) is 0 Å². The molecule has 0 amide bonds. The molecule has 0 radical (unpaired) electrons. The molecule has 0 bridgehead atoms. The molecule has 0 atom stereocenters. The van der Waals surface area contributed by atoms with Crippen LogP contribution >= 0.6 is 11.3 Å². The third-order valence-electron chi connectivity index (χ3n) is 5.79. The van der Waals surface area contributed by atoms with Crippen LogP contribution in [0.2, 0.25) is 0 Å². The number of nitrogens with one attached hydrogen (secondary N) is 1. The van der Waals surface area contributed by atoms with Crippen LogP contribution in [0.1, 0.15) is 38.1 Å².